The highest BCUT2D eigenvalue weighted by Crippen LogP contribution is 2.20. The van der Waals surface area contributed by atoms with Crippen LogP contribution in [-0.4, -0.2) is 66.5 Å². The van der Waals surface area contributed by atoms with Crippen molar-refractivity contribution in [1.82, 2.24) is 15.1 Å². The van der Waals surface area contributed by atoms with Crippen LogP contribution in [0.5, 0.6) is 5.75 Å². The minimum absolute atomic E-state index is 0.00459. The Labute approximate surface area is 156 Å². The Morgan fingerprint density at radius 1 is 1.12 bits per heavy atom. The normalized spacial score (nSPS) is 16.1. The zero-order valence-corrected chi connectivity index (χ0v) is 16.4. The molecule has 26 heavy (non-hydrogen) atoms. The molecule has 1 N–H and O–H groups in total. The van der Waals surface area contributed by atoms with Crippen molar-refractivity contribution in [2.24, 2.45) is 0 Å². The molecule has 144 valence electrons. The van der Waals surface area contributed by atoms with Crippen molar-refractivity contribution in [3.05, 3.63) is 29.8 Å². The third-order valence-electron chi connectivity index (χ3n) is 4.17. The molecule has 1 aliphatic rings. The summed E-state index contributed by atoms with van der Waals surface area (Å²) in [5.74, 6) is 0.652. The fraction of sp³-hybridized carbons (Fsp3) is 0.600. The third kappa shape index (κ3) is 6.02. The monoisotopic (exact) mass is 361 g/mol. The molecule has 1 aliphatic heterocycles. The van der Waals surface area contributed by atoms with E-state index in [9.17, 15) is 9.59 Å². The minimum atomic E-state index is -0.228. The van der Waals surface area contributed by atoms with Gasteiger partial charge in [0.15, 0.2) is 0 Å². The van der Waals surface area contributed by atoms with Gasteiger partial charge in [0.2, 0.25) is 5.91 Å². The lowest BCUT2D eigenvalue weighted by Crippen LogP contribution is -2.46. The average molecular weight is 361 g/mol. The number of para-hydroxylation sites is 1. The first-order valence-electron chi connectivity index (χ1n) is 9.34. The first kappa shape index (κ1) is 20.2. The number of rotatable bonds is 5. The molecule has 0 radical (unpaired) electrons. The van der Waals surface area contributed by atoms with E-state index in [0.29, 0.717) is 44.1 Å². The van der Waals surface area contributed by atoms with Crippen LogP contribution in [-0.2, 0) is 4.79 Å². The summed E-state index contributed by atoms with van der Waals surface area (Å²) in [5, 5.41) is 2.99. The lowest BCUT2D eigenvalue weighted by atomic mass is 10.1. The maximum atomic E-state index is 12.9. The maximum absolute atomic E-state index is 12.9. The van der Waals surface area contributed by atoms with Crippen LogP contribution in [0.15, 0.2) is 24.3 Å². The number of amides is 2. The highest BCUT2D eigenvalue weighted by Gasteiger charge is 2.24. The van der Waals surface area contributed by atoms with E-state index in [1.165, 1.54) is 0 Å². The lowest BCUT2D eigenvalue weighted by Gasteiger charge is -2.25. The van der Waals surface area contributed by atoms with Crippen LogP contribution >= 0.6 is 0 Å². The first-order chi connectivity index (χ1) is 12.3. The Hall–Kier alpha value is -2.08. The Morgan fingerprint density at radius 2 is 1.85 bits per heavy atom. The number of carbonyl (C=O) groups is 2. The molecule has 0 bridgehead atoms. The molecule has 1 saturated heterocycles. The van der Waals surface area contributed by atoms with Crippen molar-refractivity contribution in [2.45, 2.75) is 39.7 Å². The van der Waals surface area contributed by atoms with E-state index in [2.05, 4.69) is 10.2 Å². The van der Waals surface area contributed by atoms with E-state index in [1.807, 2.05) is 56.9 Å². The minimum Gasteiger partial charge on any atom is -0.493 e. The molecular weight excluding hydrogens is 330 g/mol. The number of carbonyl (C=O) groups excluding carboxylic acids is 2. The molecule has 6 heteroatoms. The Morgan fingerprint density at radius 3 is 2.54 bits per heavy atom. The van der Waals surface area contributed by atoms with E-state index >= 15 is 0 Å². The zero-order valence-electron chi connectivity index (χ0n) is 16.4. The van der Waals surface area contributed by atoms with Gasteiger partial charge in [0, 0.05) is 31.7 Å². The number of nitrogens with one attached hydrogen (secondary N) is 1. The number of benzene rings is 1. The van der Waals surface area contributed by atoms with Gasteiger partial charge in [-0.2, -0.15) is 0 Å². The number of nitrogens with zero attached hydrogens (tertiary/aromatic N) is 2. The van der Waals surface area contributed by atoms with Crippen molar-refractivity contribution in [3.63, 3.8) is 0 Å². The predicted molar refractivity (Wildman–Crippen MR) is 102 cm³/mol. The molecule has 1 fully saturated rings. The van der Waals surface area contributed by atoms with Gasteiger partial charge >= 0.3 is 0 Å². The predicted octanol–water partition coefficient (Wildman–Crippen LogP) is 2.15. The van der Waals surface area contributed by atoms with Gasteiger partial charge in [0.1, 0.15) is 5.75 Å². The molecule has 2 rings (SSSR count). The summed E-state index contributed by atoms with van der Waals surface area (Å²) >= 11 is 0. The number of ether oxygens (including phenoxy) is 1. The number of hydrogen-bond acceptors (Lipinski definition) is 4. The summed E-state index contributed by atoms with van der Waals surface area (Å²) in [4.78, 5) is 29.0. The molecular formula is C20H31N3O3. The molecule has 1 aromatic carbocycles. The SMILES string of the molecule is CCOc1ccccc1C(=O)N1CCCN(CC(=O)NC(C)(C)C)CC1. The molecule has 1 aromatic rings. The van der Waals surface area contributed by atoms with Gasteiger partial charge in [-0.1, -0.05) is 12.1 Å². The smallest absolute Gasteiger partial charge is 0.257 e. The van der Waals surface area contributed by atoms with Gasteiger partial charge in [-0.15, -0.1) is 0 Å². The molecule has 0 unspecified atom stereocenters. The van der Waals surface area contributed by atoms with Crippen molar-refractivity contribution in [3.8, 4) is 5.75 Å². The van der Waals surface area contributed by atoms with Gasteiger partial charge in [-0.3, -0.25) is 14.5 Å². The lowest BCUT2D eigenvalue weighted by molar-refractivity contribution is -0.123. The summed E-state index contributed by atoms with van der Waals surface area (Å²) in [7, 11) is 0. The van der Waals surface area contributed by atoms with Crippen LogP contribution in [0.1, 0.15) is 44.5 Å². The van der Waals surface area contributed by atoms with Crippen LogP contribution in [0.2, 0.25) is 0 Å². The molecule has 0 aliphatic carbocycles. The quantitative estimate of drug-likeness (QED) is 0.873. The Kier molecular flexibility index (Phi) is 7.03. The van der Waals surface area contributed by atoms with Crippen molar-refractivity contribution >= 4 is 11.8 Å². The molecule has 6 nitrogen and oxygen atoms in total. The van der Waals surface area contributed by atoms with E-state index in [0.717, 1.165) is 13.0 Å². The van der Waals surface area contributed by atoms with Crippen LogP contribution < -0.4 is 10.1 Å². The standard InChI is InChI=1S/C20H31N3O3/c1-5-26-17-10-7-6-9-16(17)19(25)23-12-8-11-22(13-14-23)15-18(24)21-20(2,3)4/h6-7,9-10H,5,8,11-15H2,1-4H3,(H,21,24). The first-order valence-corrected chi connectivity index (χ1v) is 9.34. The van der Waals surface area contributed by atoms with Gasteiger partial charge < -0.3 is 15.0 Å². The fourth-order valence-electron chi connectivity index (χ4n) is 3.09. The third-order valence-corrected chi connectivity index (χ3v) is 4.17. The van der Waals surface area contributed by atoms with E-state index in [-0.39, 0.29) is 17.4 Å². The highest BCUT2D eigenvalue weighted by molar-refractivity contribution is 5.97. The van der Waals surface area contributed by atoms with Crippen molar-refractivity contribution in [2.75, 3.05) is 39.3 Å². The summed E-state index contributed by atoms with van der Waals surface area (Å²) in [6.45, 7) is 11.5. The average Bonchev–Trinajstić information content (AvgIpc) is 2.79. The molecule has 0 saturated carbocycles. The molecule has 0 atom stereocenters. The van der Waals surface area contributed by atoms with Gasteiger partial charge in [-0.05, 0) is 46.2 Å². The molecule has 0 aromatic heterocycles. The second kappa shape index (κ2) is 9.03. The summed E-state index contributed by atoms with van der Waals surface area (Å²) in [6.07, 6.45) is 0.853. The summed E-state index contributed by atoms with van der Waals surface area (Å²) in [5.41, 5.74) is 0.377. The van der Waals surface area contributed by atoms with Crippen LogP contribution in [0, 0.1) is 0 Å². The van der Waals surface area contributed by atoms with Crippen LogP contribution in [0.4, 0.5) is 0 Å². The Balaban J connectivity index is 1.96. The largest absolute Gasteiger partial charge is 0.493 e. The number of hydrogen-bond donors (Lipinski definition) is 1. The van der Waals surface area contributed by atoms with E-state index < -0.39 is 0 Å². The Bertz CT molecular complexity index is 625. The van der Waals surface area contributed by atoms with E-state index in [1.54, 1.807) is 0 Å². The molecule has 2 amide bonds. The molecule has 0 spiro atoms. The summed E-state index contributed by atoms with van der Waals surface area (Å²) < 4.78 is 5.59. The van der Waals surface area contributed by atoms with Crippen LogP contribution in [0.3, 0.4) is 0 Å². The molecule has 1 heterocycles. The topological polar surface area (TPSA) is 61.9 Å². The van der Waals surface area contributed by atoms with Gasteiger partial charge in [0.05, 0.1) is 18.7 Å². The summed E-state index contributed by atoms with van der Waals surface area (Å²) in [6, 6.07) is 7.38. The zero-order chi connectivity index (χ0) is 19.2. The van der Waals surface area contributed by atoms with Crippen LogP contribution in [0.25, 0.3) is 0 Å². The second-order valence-electron chi connectivity index (χ2n) is 7.65. The van der Waals surface area contributed by atoms with E-state index in [4.69, 9.17) is 4.74 Å². The maximum Gasteiger partial charge on any atom is 0.257 e. The fourth-order valence-corrected chi connectivity index (χ4v) is 3.09. The second-order valence-corrected chi connectivity index (χ2v) is 7.65. The highest BCUT2D eigenvalue weighted by atomic mass is 16.5. The van der Waals surface area contributed by atoms with Gasteiger partial charge in [0.25, 0.3) is 5.91 Å². The van der Waals surface area contributed by atoms with Crippen molar-refractivity contribution < 1.29 is 14.3 Å². The van der Waals surface area contributed by atoms with Gasteiger partial charge in [-0.25, -0.2) is 0 Å². The van der Waals surface area contributed by atoms with Crippen molar-refractivity contribution in [1.29, 1.82) is 0 Å².